The molecule has 1 aromatic rings. The number of piperidine rings is 1. The Morgan fingerprint density at radius 2 is 1.85 bits per heavy atom. The molecule has 0 saturated carbocycles. The fourth-order valence-corrected chi connectivity index (χ4v) is 3.12. The third kappa shape index (κ3) is 5.56. The van der Waals surface area contributed by atoms with Gasteiger partial charge in [-0.1, -0.05) is 28.1 Å². The molecule has 1 aliphatic rings. The third-order valence-corrected chi connectivity index (χ3v) is 4.74. The molecule has 1 heterocycles. The molecule has 0 aromatic heterocycles. The van der Waals surface area contributed by atoms with Crippen molar-refractivity contribution in [3.8, 4) is 0 Å². The molecule has 142 valence electrons. The van der Waals surface area contributed by atoms with Gasteiger partial charge in [-0.05, 0) is 45.4 Å². The van der Waals surface area contributed by atoms with Crippen LogP contribution in [0.25, 0.3) is 0 Å². The van der Waals surface area contributed by atoms with E-state index in [-0.39, 0.29) is 6.09 Å². The molecule has 0 bridgehead atoms. The largest absolute Gasteiger partial charge is 0.444 e. The summed E-state index contributed by atoms with van der Waals surface area (Å²) in [6.45, 7) is 8.42. The molecule has 2 amide bonds. The van der Waals surface area contributed by atoms with E-state index >= 15 is 0 Å². The van der Waals surface area contributed by atoms with Gasteiger partial charge in [0.25, 0.3) is 0 Å². The van der Waals surface area contributed by atoms with Gasteiger partial charge in [-0.15, -0.1) is 0 Å². The van der Waals surface area contributed by atoms with Crippen LogP contribution < -0.4 is 5.32 Å². The number of nitrogens with zero attached hydrogens (tertiary/aromatic N) is 2. The maximum absolute atomic E-state index is 12.2. The molecule has 1 N–H and O–H groups in total. The van der Waals surface area contributed by atoms with E-state index < -0.39 is 11.3 Å². The Morgan fingerprint density at radius 1 is 1.27 bits per heavy atom. The number of carbonyl (C=O) groups excluding carboxylic acids is 2. The normalized spacial score (nSPS) is 17.6. The van der Waals surface area contributed by atoms with Crippen LogP contribution >= 0.6 is 15.9 Å². The van der Waals surface area contributed by atoms with Crippen molar-refractivity contribution in [3.05, 3.63) is 34.3 Å². The smallest absolute Gasteiger partial charge is 0.410 e. The van der Waals surface area contributed by atoms with Gasteiger partial charge in [-0.25, -0.2) is 4.79 Å². The Bertz CT molecular complexity index is 672. The highest BCUT2D eigenvalue weighted by molar-refractivity contribution is 9.10. The summed E-state index contributed by atoms with van der Waals surface area (Å²) in [5, 5.41) is 2.86. The highest BCUT2D eigenvalue weighted by Crippen LogP contribution is 2.26. The lowest BCUT2D eigenvalue weighted by atomic mass is 9.97. The van der Waals surface area contributed by atoms with Crippen molar-refractivity contribution in [2.24, 2.45) is 4.99 Å². The average molecular weight is 424 g/mol. The molecule has 6 nitrogen and oxygen atoms in total. The van der Waals surface area contributed by atoms with E-state index in [1.165, 1.54) is 0 Å². The summed E-state index contributed by atoms with van der Waals surface area (Å²) in [5.41, 5.74) is 0.618. The second-order valence-electron chi connectivity index (χ2n) is 7.47. The number of rotatable bonds is 4. The van der Waals surface area contributed by atoms with Crippen LogP contribution in [0.1, 0.15) is 46.1 Å². The summed E-state index contributed by atoms with van der Waals surface area (Å²) in [5.74, 6) is 0. The van der Waals surface area contributed by atoms with Gasteiger partial charge in [0.1, 0.15) is 11.3 Å². The fourth-order valence-electron chi connectivity index (χ4n) is 2.86. The molecule has 1 fully saturated rings. The van der Waals surface area contributed by atoms with E-state index in [0.717, 1.165) is 15.7 Å². The van der Waals surface area contributed by atoms with E-state index in [2.05, 4.69) is 21.2 Å². The van der Waals surface area contributed by atoms with Crippen LogP contribution in [-0.4, -0.2) is 47.5 Å². The van der Waals surface area contributed by atoms with Crippen LogP contribution in [0.2, 0.25) is 0 Å². The molecule has 7 heteroatoms. The summed E-state index contributed by atoms with van der Waals surface area (Å²) in [6.07, 6.45) is 1.44. The predicted octanol–water partition coefficient (Wildman–Crippen LogP) is 3.73. The number of amides is 2. The molecule has 26 heavy (non-hydrogen) atoms. The molecule has 2 rings (SSSR count). The predicted molar refractivity (Wildman–Crippen MR) is 105 cm³/mol. The van der Waals surface area contributed by atoms with Crippen molar-refractivity contribution in [2.45, 2.75) is 51.8 Å². The quantitative estimate of drug-likeness (QED) is 0.592. The van der Waals surface area contributed by atoms with Gasteiger partial charge < -0.3 is 15.0 Å². The zero-order chi connectivity index (χ0) is 19.4. The van der Waals surface area contributed by atoms with Crippen LogP contribution in [-0.2, 0) is 9.53 Å². The second kappa shape index (κ2) is 8.20. The zero-order valence-corrected chi connectivity index (χ0v) is 17.3. The lowest BCUT2D eigenvalue weighted by Crippen LogP contribution is -2.54. The minimum Gasteiger partial charge on any atom is -0.444 e. The van der Waals surface area contributed by atoms with E-state index in [4.69, 9.17) is 9.73 Å². The van der Waals surface area contributed by atoms with Crippen LogP contribution in [0.15, 0.2) is 33.7 Å². The lowest BCUT2D eigenvalue weighted by Gasteiger charge is -2.39. The Kier molecular flexibility index (Phi) is 6.44. The summed E-state index contributed by atoms with van der Waals surface area (Å²) in [6, 6.07) is 7.87. The van der Waals surface area contributed by atoms with Crippen LogP contribution in [0.4, 0.5) is 4.79 Å². The topological polar surface area (TPSA) is 71.0 Å². The van der Waals surface area contributed by atoms with Crippen LogP contribution in [0.3, 0.4) is 0 Å². The van der Waals surface area contributed by atoms with Gasteiger partial charge in [0.15, 0.2) is 0 Å². The Labute approximate surface area is 163 Å². The molecular weight excluding hydrogens is 398 g/mol. The zero-order valence-electron chi connectivity index (χ0n) is 15.7. The summed E-state index contributed by atoms with van der Waals surface area (Å²) < 4.78 is 6.42. The summed E-state index contributed by atoms with van der Waals surface area (Å²) >= 11 is 3.42. The van der Waals surface area contributed by atoms with Gasteiger partial charge in [0.05, 0.1) is 0 Å². The van der Waals surface area contributed by atoms with Gasteiger partial charge in [-0.3, -0.25) is 9.79 Å². The van der Waals surface area contributed by atoms with Gasteiger partial charge in [-0.2, -0.15) is 0 Å². The lowest BCUT2D eigenvalue weighted by molar-refractivity contribution is -0.111. The van der Waals surface area contributed by atoms with Gasteiger partial charge >= 0.3 is 6.09 Å². The first kappa shape index (κ1) is 20.4. The first-order valence-electron chi connectivity index (χ1n) is 8.66. The second-order valence-corrected chi connectivity index (χ2v) is 8.38. The molecular formula is C19H26BrN3O3. The van der Waals surface area contributed by atoms with Crippen molar-refractivity contribution >= 4 is 34.1 Å². The number of benzene rings is 1. The fraction of sp³-hybridized carbons (Fsp3) is 0.526. The Morgan fingerprint density at radius 3 is 2.35 bits per heavy atom. The maximum atomic E-state index is 12.2. The van der Waals surface area contributed by atoms with E-state index in [1.807, 2.05) is 52.0 Å². The number of ether oxygens (including phenoxy) is 1. The van der Waals surface area contributed by atoms with Crippen molar-refractivity contribution in [1.29, 1.82) is 0 Å². The minimum absolute atomic E-state index is 0.328. The van der Waals surface area contributed by atoms with E-state index in [1.54, 1.807) is 4.90 Å². The van der Waals surface area contributed by atoms with Crippen LogP contribution in [0.5, 0.6) is 0 Å². The standard InChI is InChI=1S/C19H26BrN3O3/c1-14(15-5-7-16(20)8-6-15)22-19(21-13-24)9-11-23(12-10-19)17(25)26-18(2,3)4/h5-8,13H,9-12H2,1-4H3,(H,21,24)/b22-14+. The number of likely N-dealkylation sites (tertiary alicyclic amines) is 1. The SMILES string of the molecule is C/C(=N\C1(NC=O)CCN(C(=O)OC(C)(C)C)CC1)c1ccc(Br)cc1. The van der Waals surface area contributed by atoms with Crippen molar-refractivity contribution < 1.29 is 14.3 Å². The summed E-state index contributed by atoms with van der Waals surface area (Å²) in [4.78, 5) is 29.9. The molecule has 0 aliphatic carbocycles. The third-order valence-electron chi connectivity index (χ3n) is 4.21. The average Bonchev–Trinajstić information content (AvgIpc) is 2.54. The minimum atomic E-state index is -0.697. The molecule has 1 aromatic carbocycles. The number of halogens is 1. The first-order valence-corrected chi connectivity index (χ1v) is 9.45. The Hall–Kier alpha value is -1.89. The highest BCUT2D eigenvalue weighted by Gasteiger charge is 2.36. The summed E-state index contributed by atoms with van der Waals surface area (Å²) in [7, 11) is 0. The van der Waals surface area contributed by atoms with Gasteiger partial charge in [0.2, 0.25) is 6.41 Å². The number of carbonyl (C=O) groups is 2. The number of hydrogen-bond acceptors (Lipinski definition) is 4. The Balaban J connectivity index is 2.12. The van der Waals surface area contributed by atoms with Crippen molar-refractivity contribution in [1.82, 2.24) is 10.2 Å². The molecule has 0 spiro atoms. The number of aliphatic imine (C=N–C) groups is 1. The van der Waals surface area contributed by atoms with E-state index in [0.29, 0.717) is 32.3 Å². The molecule has 1 saturated heterocycles. The maximum Gasteiger partial charge on any atom is 0.410 e. The van der Waals surface area contributed by atoms with Gasteiger partial charge in [0, 0.05) is 36.1 Å². The van der Waals surface area contributed by atoms with Crippen molar-refractivity contribution in [3.63, 3.8) is 0 Å². The molecule has 0 unspecified atom stereocenters. The molecule has 1 aliphatic heterocycles. The molecule has 0 radical (unpaired) electrons. The highest BCUT2D eigenvalue weighted by atomic mass is 79.9. The van der Waals surface area contributed by atoms with E-state index in [9.17, 15) is 9.59 Å². The first-order chi connectivity index (χ1) is 12.1. The van der Waals surface area contributed by atoms with Crippen molar-refractivity contribution in [2.75, 3.05) is 13.1 Å². The molecule has 0 atom stereocenters. The number of nitrogens with one attached hydrogen (secondary N) is 1. The van der Waals surface area contributed by atoms with Crippen LogP contribution in [0, 0.1) is 0 Å². The monoisotopic (exact) mass is 423 g/mol. The number of hydrogen-bond donors (Lipinski definition) is 1.